The zero-order valence-electron chi connectivity index (χ0n) is 25.1. The minimum absolute atomic E-state index is 0.455. The molecule has 0 amide bonds. The maximum Gasteiger partial charge on any atom is 0.0714 e. The molecule has 1 aliphatic carbocycles. The SMILES string of the molecule is c1ccc(C2(c3ccccc3)c3cc(-c4cccc5c4-c4cccc6cccc(c46)S5)ccc3-c3c2ccc2ccccc32)cc1. The Morgan fingerprint density at radius 2 is 1.04 bits per heavy atom. The van der Waals surface area contributed by atoms with Gasteiger partial charge in [0.05, 0.1) is 5.41 Å². The highest BCUT2D eigenvalue weighted by Gasteiger charge is 2.46. The number of fused-ring (bicyclic) bond motifs is 7. The maximum absolute atomic E-state index is 2.50. The fourth-order valence-electron chi connectivity index (χ4n) is 8.28. The summed E-state index contributed by atoms with van der Waals surface area (Å²) in [5, 5.41) is 5.23. The van der Waals surface area contributed by atoms with Crippen molar-refractivity contribution in [3.8, 4) is 33.4 Å². The summed E-state index contributed by atoms with van der Waals surface area (Å²) in [4.78, 5) is 2.65. The van der Waals surface area contributed by atoms with E-state index in [1.54, 1.807) is 0 Å². The molecule has 0 bridgehead atoms. The van der Waals surface area contributed by atoms with Crippen LogP contribution in [0.2, 0.25) is 0 Å². The molecule has 0 nitrogen and oxygen atoms in total. The smallest absolute Gasteiger partial charge is 0.0714 e. The van der Waals surface area contributed by atoms with Crippen LogP contribution in [-0.2, 0) is 5.41 Å². The van der Waals surface area contributed by atoms with Gasteiger partial charge in [0, 0.05) is 20.7 Å². The largest absolute Gasteiger partial charge is 0.0888 e. The van der Waals surface area contributed by atoms with Gasteiger partial charge in [-0.25, -0.2) is 0 Å². The molecule has 46 heavy (non-hydrogen) atoms. The molecule has 1 heterocycles. The highest BCUT2D eigenvalue weighted by molar-refractivity contribution is 7.99. The summed E-state index contributed by atoms with van der Waals surface area (Å²) in [7, 11) is 0. The second kappa shape index (κ2) is 9.81. The van der Waals surface area contributed by atoms with E-state index in [2.05, 4.69) is 170 Å². The summed E-state index contributed by atoms with van der Waals surface area (Å²) in [5.41, 5.74) is 12.7. The number of hydrogen-bond donors (Lipinski definition) is 0. The number of hydrogen-bond acceptors (Lipinski definition) is 1. The highest BCUT2D eigenvalue weighted by Crippen LogP contribution is 2.59. The molecule has 0 atom stereocenters. The molecule has 1 heteroatoms. The average Bonchev–Trinajstić information content (AvgIpc) is 3.43. The minimum Gasteiger partial charge on any atom is -0.0888 e. The topological polar surface area (TPSA) is 0 Å². The molecule has 0 saturated heterocycles. The van der Waals surface area contributed by atoms with Crippen LogP contribution < -0.4 is 0 Å². The zero-order chi connectivity index (χ0) is 30.2. The van der Waals surface area contributed by atoms with E-state index in [1.165, 1.54) is 87.0 Å². The van der Waals surface area contributed by atoms with Crippen molar-refractivity contribution in [2.24, 2.45) is 0 Å². The van der Waals surface area contributed by atoms with Crippen LogP contribution in [0.3, 0.4) is 0 Å². The summed E-state index contributed by atoms with van der Waals surface area (Å²) in [6.07, 6.45) is 0. The lowest BCUT2D eigenvalue weighted by Gasteiger charge is -2.34. The summed E-state index contributed by atoms with van der Waals surface area (Å²) in [6.45, 7) is 0. The molecular weight excluding hydrogens is 573 g/mol. The van der Waals surface area contributed by atoms with Gasteiger partial charge in [-0.3, -0.25) is 0 Å². The molecule has 0 N–H and O–H groups in total. The van der Waals surface area contributed by atoms with Crippen LogP contribution in [0, 0.1) is 0 Å². The van der Waals surface area contributed by atoms with E-state index in [-0.39, 0.29) is 0 Å². The average molecular weight is 601 g/mol. The van der Waals surface area contributed by atoms with E-state index in [9.17, 15) is 0 Å². The minimum atomic E-state index is -0.455. The van der Waals surface area contributed by atoms with E-state index in [4.69, 9.17) is 0 Å². The first-order valence-electron chi connectivity index (χ1n) is 15.9. The Hall–Kier alpha value is -5.37. The highest BCUT2D eigenvalue weighted by atomic mass is 32.2. The Kier molecular flexibility index (Phi) is 5.53. The summed E-state index contributed by atoms with van der Waals surface area (Å²) >= 11 is 1.89. The van der Waals surface area contributed by atoms with Crippen LogP contribution in [0.1, 0.15) is 22.3 Å². The third-order valence-electron chi connectivity index (χ3n) is 10.1. The second-order valence-corrected chi connectivity index (χ2v) is 13.5. The first-order chi connectivity index (χ1) is 22.8. The molecule has 8 aromatic rings. The maximum atomic E-state index is 2.50. The molecule has 0 radical (unpaired) electrons. The Labute approximate surface area is 273 Å². The molecule has 1 aliphatic heterocycles. The van der Waals surface area contributed by atoms with Crippen LogP contribution >= 0.6 is 11.8 Å². The lowest BCUT2D eigenvalue weighted by molar-refractivity contribution is 0.769. The zero-order valence-corrected chi connectivity index (χ0v) is 25.9. The van der Waals surface area contributed by atoms with Gasteiger partial charge in [0.25, 0.3) is 0 Å². The van der Waals surface area contributed by atoms with Gasteiger partial charge in [0.1, 0.15) is 0 Å². The van der Waals surface area contributed by atoms with Gasteiger partial charge >= 0.3 is 0 Å². The van der Waals surface area contributed by atoms with Gasteiger partial charge in [-0.05, 0) is 84.4 Å². The number of benzene rings is 8. The van der Waals surface area contributed by atoms with Crippen molar-refractivity contribution in [1.29, 1.82) is 0 Å². The lowest BCUT2D eigenvalue weighted by atomic mass is 9.67. The standard InChI is InChI=1S/C45H28S/c1-3-15-32(16-4-1)45(33-17-5-2-6-18-33)38-27-25-29-12-7-8-19-34(29)43(38)36-26-24-31(28-39(36)45)35-20-11-23-41-44(35)37-21-9-13-30-14-10-22-40(46-41)42(30)37/h1-28H. The molecule has 2 aliphatic rings. The van der Waals surface area contributed by atoms with Crippen LogP contribution in [0.4, 0.5) is 0 Å². The van der Waals surface area contributed by atoms with E-state index < -0.39 is 5.41 Å². The predicted octanol–water partition coefficient (Wildman–Crippen LogP) is 12.2. The van der Waals surface area contributed by atoms with Crippen LogP contribution in [0.15, 0.2) is 180 Å². The fourth-order valence-corrected chi connectivity index (χ4v) is 9.46. The molecule has 8 aromatic carbocycles. The van der Waals surface area contributed by atoms with E-state index in [0.717, 1.165) is 0 Å². The molecule has 214 valence electrons. The second-order valence-electron chi connectivity index (χ2n) is 12.4. The predicted molar refractivity (Wildman–Crippen MR) is 194 cm³/mol. The van der Waals surface area contributed by atoms with Gasteiger partial charge < -0.3 is 0 Å². The number of rotatable bonds is 3. The van der Waals surface area contributed by atoms with Crippen molar-refractivity contribution < 1.29 is 0 Å². The molecular formula is C45H28S. The van der Waals surface area contributed by atoms with E-state index in [0.29, 0.717) is 0 Å². The van der Waals surface area contributed by atoms with Gasteiger partial charge in [-0.2, -0.15) is 0 Å². The van der Waals surface area contributed by atoms with Crippen molar-refractivity contribution >= 4 is 33.3 Å². The van der Waals surface area contributed by atoms with Gasteiger partial charge in [-0.15, -0.1) is 0 Å². The van der Waals surface area contributed by atoms with Crippen LogP contribution in [0.5, 0.6) is 0 Å². The fraction of sp³-hybridized carbons (Fsp3) is 0.0222. The van der Waals surface area contributed by atoms with Crippen LogP contribution in [-0.4, -0.2) is 0 Å². The van der Waals surface area contributed by atoms with E-state index >= 15 is 0 Å². The molecule has 0 fully saturated rings. The van der Waals surface area contributed by atoms with Crippen molar-refractivity contribution in [1.82, 2.24) is 0 Å². The van der Waals surface area contributed by atoms with Crippen LogP contribution in [0.25, 0.3) is 54.9 Å². The molecule has 0 aromatic heterocycles. The Morgan fingerprint density at radius 3 is 1.85 bits per heavy atom. The quantitative estimate of drug-likeness (QED) is 0.194. The van der Waals surface area contributed by atoms with Gasteiger partial charge in [0.15, 0.2) is 0 Å². The third kappa shape index (κ3) is 3.47. The molecule has 10 rings (SSSR count). The van der Waals surface area contributed by atoms with Gasteiger partial charge in [-0.1, -0.05) is 163 Å². The Balaban J connectivity index is 1.31. The van der Waals surface area contributed by atoms with Crippen molar-refractivity contribution in [3.05, 3.63) is 192 Å². The monoisotopic (exact) mass is 600 g/mol. The van der Waals surface area contributed by atoms with Gasteiger partial charge in [0.2, 0.25) is 0 Å². The first kappa shape index (κ1) is 25.9. The summed E-state index contributed by atoms with van der Waals surface area (Å²) in [6, 6.07) is 63.3. The van der Waals surface area contributed by atoms with Crippen molar-refractivity contribution in [3.63, 3.8) is 0 Å². The summed E-state index contributed by atoms with van der Waals surface area (Å²) < 4.78 is 0. The normalized spacial score (nSPS) is 13.7. The van der Waals surface area contributed by atoms with E-state index in [1.807, 2.05) is 11.8 Å². The third-order valence-corrected chi connectivity index (χ3v) is 11.3. The molecule has 0 unspecified atom stereocenters. The Morgan fingerprint density at radius 1 is 0.391 bits per heavy atom. The lowest BCUT2D eigenvalue weighted by Crippen LogP contribution is -2.28. The van der Waals surface area contributed by atoms with Crippen molar-refractivity contribution in [2.75, 3.05) is 0 Å². The Bertz CT molecular complexity index is 2450. The summed E-state index contributed by atoms with van der Waals surface area (Å²) in [5.74, 6) is 0. The molecule has 0 saturated carbocycles. The first-order valence-corrected chi connectivity index (χ1v) is 16.8. The van der Waals surface area contributed by atoms with Crippen molar-refractivity contribution in [2.45, 2.75) is 15.2 Å². The molecule has 0 spiro atoms.